The standard InChI is InChI=1S/C18H22N2OS/c1-10(15-9-22-17-5-3-2-4-13(15)17)20-18(21)12-6-11-8-16(19)14(11)7-12/h2-5,9-12,14,16H,6-8,19H2,1H3,(H,20,21)/t10?,11-,12+,14-,16-/m0/s1. The Morgan fingerprint density at radius 2 is 2.14 bits per heavy atom. The van der Waals surface area contributed by atoms with Crippen LogP contribution in [0.3, 0.4) is 0 Å². The minimum atomic E-state index is 0.0653. The first-order valence-electron chi connectivity index (χ1n) is 8.15. The monoisotopic (exact) mass is 314 g/mol. The Labute approximate surface area is 134 Å². The van der Waals surface area contributed by atoms with E-state index < -0.39 is 0 Å². The highest BCUT2D eigenvalue weighted by Gasteiger charge is 2.47. The zero-order valence-corrected chi connectivity index (χ0v) is 13.6. The Morgan fingerprint density at radius 1 is 1.32 bits per heavy atom. The van der Waals surface area contributed by atoms with Gasteiger partial charge in [-0.3, -0.25) is 4.79 Å². The zero-order chi connectivity index (χ0) is 15.3. The molecule has 116 valence electrons. The summed E-state index contributed by atoms with van der Waals surface area (Å²) in [6.07, 6.45) is 3.12. The van der Waals surface area contributed by atoms with E-state index in [9.17, 15) is 4.79 Å². The number of hydrogen-bond donors (Lipinski definition) is 2. The summed E-state index contributed by atoms with van der Waals surface area (Å²) in [4.78, 5) is 12.6. The number of hydrogen-bond acceptors (Lipinski definition) is 3. The van der Waals surface area contributed by atoms with Crippen molar-refractivity contribution in [2.75, 3.05) is 0 Å². The van der Waals surface area contributed by atoms with Gasteiger partial charge in [0, 0.05) is 16.7 Å². The van der Waals surface area contributed by atoms with Crippen molar-refractivity contribution < 1.29 is 4.79 Å². The maximum absolute atomic E-state index is 12.6. The van der Waals surface area contributed by atoms with Gasteiger partial charge in [0.2, 0.25) is 5.91 Å². The SMILES string of the molecule is CC(NC(=O)[C@@H]1C[C@H]2C[C@H](N)[C@H]2C1)c1csc2ccccc12. The van der Waals surface area contributed by atoms with Crippen LogP contribution in [0, 0.1) is 17.8 Å². The van der Waals surface area contributed by atoms with E-state index in [-0.39, 0.29) is 17.9 Å². The third-order valence-corrected chi connectivity index (χ3v) is 6.56. The van der Waals surface area contributed by atoms with Crippen molar-refractivity contribution in [2.45, 2.75) is 38.3 Å². The number of amides is 1. The molecule has 0 aliphatic heterocycles. The molecule has 2 aromatic rings. The number of thiophene rings is 1. The summed E-state index contributed by atoms with van der Waals surface area (Å²) in [5.41, 5.74) is 7.26. The third-order valence-electron chi connectivity index (χ3n) is 5.58. The van der Waals surface area contributed by atoms with Crippen molar-refractivity contribution in [1.29, 1.82) is 0 Å². The third kappa shape index (κ3) is 2.25. The van der Waals surface area contributed by atoms with E-state index in [1.54, 1.807) is 11.3 Å². The van der Waals surface area contributed by atoms with Gasteiger partial charge in [-0.05, 0) is 60.4 Å². The van der Waals surface area contributed by atoms with Crippen molar-refractivity contribution >= 4 is 27.3 Å². The van der Waals surface area contributed by atoms with Crippen LogP contribution in [0.5, 0.6) is 0 Å². The predicted octanol–water partition coefficient (Wildman–Crippen LogP) is 3.45. The Balaban J connectivity index is 1.45. The van der Waals surface area contributed by atoms with Crippen LogP contribution in [-0.2, 0) is 4.79 Å². The van der Waals surface area contributed by atoms with Gasteiger partial charge in [-0.15, -0.1) is 11.3 Å². The van der Waals surface area contributed by atoms with Crippen LogP contribution in [0.15, 0.2) is 29.6 Å². The first-order chi connectivity index (χ1) is 10.6. The van der Waals surface area contributed by atoms with Gasteiger partial charge in [-0.2, -0.15) is 0 Å². The van der Waals surface area contributed by atoms with Gasteiger partial charge >= 0.3 is 0 Å². The Kier molecular flexibility index (Phi) is 3.46. The highest BCUT2D eigenvalue weighted by atomic mass is 32.1. The lowest BCUT2D eigenvalue weighted by Crippen LogP contribution is -2.44. The number of rotatable bonds is 3. The molecular formula is C18H22N2OS. The van der Waals surface area contributed by atoms with E-state index in [2.05, 4.69) is 41.9 Å². The Bertz CT molecular complexity index is 710. The summed E-state index contributed by atoms with van der Waals surface area (Å²) in [5.74, 6) is 1.66. The maximum Gasteiger partial charge on any atom is 0.223 e. The molecule has 22 heavy (non-hydrogen) atoms. The minimum Gasteiger partial charge on any atom is -0.349 e. The molecule has 0 spiro atoms. The van der Waals surface area contributed by atoms with E-state index in [1.165, 1.54) is 15.6 Å². The fraction of sp³-hybridized carbons (Fsp3) is 0.500. The van der Waals surface area contributed by atoms with Crippen LogP contribution >= 0.6 is 11.3 Å². The molecule has 2 fully saturated rings. The molecule has 1 heterocycles. The van der Waals surface area contributed by atoms with Crippen molar-refractivity contribution in [1.82, 2.24) is 5.32 Å². The van der Waals surface area contributed by atoms with E-state index in [0.29, 0.717) is 17.9 Å². The van der Waals surface area contributed by atoms with E-state index in [0.717, 1.165) is 19.3 Å². The molecule has 1 unspecified atom stereocenters. The van der Waals surface area contributed by atoms with Gasteiger partial charge in [0.25, 0.3) is 0 Å². The average Bonchev–Trinajstić information content (AvgIpc) is 3.08. The highest BCUT2D eigenvalue weighted by molar-refractivity contribution is 7.17. The molecule has 2 aliphatic carbocycles. The van der Waals surface area contributed by atoms with Crippen molar-refractivity contribution in [3.8, 4) is 0 Å². The number of benzene rings is 1. The molecule has 4 heteroatoms. The number of nitrogens with two attached hydrogens (primary N) is 1. The lowest BCUT2D eigenvalue weighted by molar-refractivity contribution is -0.125. The maximum atomic E-state index is 12.6. The smallest absolute Gasteiger partial charge is 0.223 e. The van der Waals surface area contributed by atoms with Gasteiger partial charge in [0.1, 0.15) is 0 Å². The molecule has 0 bridgehead atoms. The number of nitrogens with one attached hydrogen (secondary N) is 1. The van der Waals surface area contributed by atoms with Crippen LogP contribution < -0.4 is 11.1 Å². The number of fused-ring (bicyclic) bond motifs is 2. The number of carbonyl (C=O) groups excluding carboxylic acids is 1. The first-order valence-corrected chi connectivity index (χ1v) is 9.03. The molecule has 3 N–H and O–H groups in total. The van der Waals surface area contributed by atoms with Gasteiger partial charge in [0.15, 0.2) is 0 Å². The topological polar surface area (TPSA) is 55.1 Å². The summed E-state index contributed by atoms with van der Waals surface area (Å²) in [6.45, 7) is 2.09. The first kappa shape index (κ1) is 14.2. The second-order valence-electron chi connectivity index (χ2n) is 6.91. The van der Waals surface area contributed by atoms with Crippen molar-refractivity contribution in [2.24, 2.45) is 23.5 Å². The van der Waals surface area contributed by atoms with Gasteiger partial charge in [0.05, 0.1) is 6.04 Å². The Hall–Kier alpha value is -1.39. The van der Waals surface area contributed by atoms with Crippen molar-refractivity contribution in [3.05, 3.63) is 35.2 Å². The molecule has 5 atom stereocenters. The summed E-state index contributed by atoms with van der Waals surface area (Å²) in [6, 6.07) is 8.79. The molecule has 1 aromatic carbocycles. The minimum absolute atomic E-state index is 0.0653. The normalized spacial score (nSPS) is 31.5. The molecular weight excluding hydrogens is 292 g/mol. The van der Waals surface area contributed by atoms with Crippen LogP contribution in [0.1, 0.15) is 37.8 Å². The molecule has 0 radical (unpaired) electrons. The lowest BCUT2D eigenvalue weighted by atomic mass is 9.72. The second kappa shape index (κ2) is 5.36. The second-order valence-corrected chi connectivity index (χ2v) is 7.82. The molecule has 2 saturated carbocycles. The van der Waals surface area contributed by atoms with E-state index >= 15 is 0 Å². The summed E-state index contributed by atoms with van der Waals surface area (Å²) >= 11 is 1.74. The fourth-order valence-corrected chi connectivity index (χ4v) is 5.29. The molecule has 1 aromatic heterocycles. The van der Waals surface area contributed by atoms with Crippen LogP contribution in [-0.4, -0.2) is 11.9 Å². The highest BCUT2D eigenvalue weighted by Crippen LogP contribution is 2.49. The van der Waals surface area contributed by atoms with Gasteiger partial charge in [-0.25, -0.2) is 0 Å². The molecule has 2 aliphatic rings. The molecule has 0 saturated heterocycles. The van der Waals surface area contributed by atoms with Crippen LogP contribution in [0.25, 0.3) is 10.1 Å². The lowest BCUT2D eigenvalue weighted by Gasteiger charge is -2.37. The molecule has 3 nitrogen and oxygen atoms in total. The van der Waals surface area contributed by atoms with Gasteiger partial charge in [-0.1, -0.05) is 18.2 Å². The quantitative estimate of drug-likeness (QED) is 0.911. The zero-order valence-electron chi connectivity index (χ0n) is 12.8. The fourth-order valence-electron chi connectivity index (χ4n) is 4.24. The van der Waals surface area contributed by atoms with Crippen LogP contribution in [0.2, 0.25) is 0 Å². The Morgan fingerprint density at radius 3 is 2.91 bits per heavy atom. The van der Waals surface area contributed by atoms with Crippen molar-refractivity contribution in [3.63, 3.8) is 0 Å². The summed E-state index contributed by atoms with van der Waals surface area (Å²) in [7, 11) is 0. The summed E-state index contributed by atoms with van der Waals surface area (Å²) in [5, 5.41) is 6.66. The predicted molar refractivity (Wildman–Crippen MR) is 90.7 cm³/mol. The average molecular weight is 314 g/mol. The summed E-state index contributed by atoms with van der Waals surface area (Å²) < 4.78 is 1.28. The van der Waals surface area contributed by atoms with Crippen LogP contribution in [0.4, 0.5) is 0 Å². The van der Waals surface area contributed by atoms with E-state index in [4.69, 9.17) is 5.73 Å². The van der Waals surface area contributed by atoms with Gasteiger partial charge < -0.3 is 11.1 Å². The molecule has 1 amide bonds. The van der Waals surface area contributed by atoms with E-state index in [1.807, 2.05) is 0 Å². The molecule has 4 rings (SSSR count). The number of carbonyl (C=O) groups is 1. The largest absolute Gasteiger partial charge is 0.349 e.